The molecule has 8 heteroatoms. The molecule has 0 aliphatic heterocycles. The minimum Gasteiger partial charge on any atom is -0.349 e. The smallest absolute Gasteiger partial charge is 0.271 e. The lowest BCUT2D eigenvalue weighted by molar-refractivity contribution is 0.155. The third-order valence-corrected chi connectivity index (χ3v) is 2.49. The van der Waals surface area contributed by atoms with Crippen LogP contribution in [0.25, 0.3) is 0 Å². The highest BCUT2D eigenvalue weighted by Crippen LogP contribution is 2.19. The molecule has 90 valence electrons. The largest absolute Gasteiger partial charge is 0.349 e. The fourth-order valence-corrected chi connectivity index (χ4v) is 1.80. The highest BCUT2D eigenvalue weighted by Gasteiger charge is 2.17. The van der Waals surface area contributed by atoms with Gasteiger partial charge in [0.25, 0.3) is 12.0 Å². The van der Waals surface area contributed by atoms with Crippen LogP contribution in [0.15, 0.2) is 11.1 Å². The van der Waals surface area contributed by atoms with Gasteiger partial charge in [0.1, 0.15) is 5.02 Å². The molecule has 0 radical (unpaired) electrons. The molecule has 16 heavy (non-hydrogen) atoms. The van der Waals surface area contributed by atoms with E-state index < -0.39 is 18.5 Å². The van der Waals surface area contributed by atoms with Crippen molar-refractivity contribution >= 4 is 33.3 Å². The van der Waals surface area contributed by atoms with Crippen LogP contribution >= 0.6 is 27.5 Å². The Balaban J connectivity index is 3.00. The molecule has 1 aromatic heterocycles. The summed E-state index contributed by atoms with van der Waals surface area (Å²) in [5, 5.41) is 0.300. The van der Waals surface area contributed by atoms with Crippen molar-refractivity contribution in [1.29, 1.82) is 0 Å². The Bertz CT molecular complexity index is 401. The van der Waals surface area contributed by atoms with Gasteiger partial charge < -0.3 is 9.88 Å². The number of rotatable bonds is 5. The Morgan fingerprint density at radius 2 is 2.31 bits per heavy atom. The SMILES string of the molecule is O=c1[nH]cnc(N(CCBr)CC(F)F)c1Cl. The van der Waals surface area contributed by atoms with Gasteiger partial charge in [-0.3, -0.25) is 4.79 Å². The van der Waals surface area contributed by atoms with Gasteiger partial charge in [-0.2, -0.15) is 0 Å². The molecule has 4 nitrogen and oxygen atoms in total. The number of aromatic amines is 1. The molecule has 1 N–H and O–H groups in total. The zero-order chi connectivity index (χ0) is 12.1. The lowest BCUT2D eigenvalue weighted by Gasteiger charge is -2.22. The van der Waals surface area contributed by atoms with Crippen molar-refractivity contribution in [3.8, 4) is 0 Å². The fraction of sp³-hybridized carbons (Fsp3) is 0.500. The first-order valence-electron chi connectivity index (χ1n) is 4.38. The van der Waals surface area contributed by atoms with Gasteiger partial charge in [-0.1, -0.05) is 27.5 Å². The first kappa shape index (κ1) is 13.4. The number of H-pyrrole nitrogens is 1. The summed E-state index contributed by atoms with van der Waals surface area (Å²) in [5.74, 6) is 0.0742. The summed E-state index contributed by atoms with van der Waals surface area (Å²) >= 11 is 8.84. The molecule has 0 bridgehead atoms. The topological polar surface area (TPSA) is 49.0 Å². The minimum absolute atomic E-state index is 0.0742. The summed E-state index contributed by atoms with van der Waals surface area (Å²) in [6.45, 7) is -0.220. The summed E-state index contributed by atoms with van der Waals surface area (Å²) in [7, 11) is 0. The number of hydrogen-bond donors (Lipinski definition) is 1. The van der Waals surface area contributed by atoms with Crippen LogP contribution in [0, 0.1) is 0 Å². The van der Waals surface area contributed by atoms with Crippen molar-refractivity contribution in [2.45, 2.75) is 6.43 Å². The van der Waals surface area contributed by atoms with Crippen LogP contribution in [0.3, 0.4) is 0 Å². The van der Waals surface area contributed by atoms with Crippen molar-refractivity contribution in [1.82, 2.24) is 9.97 Å². The Morgan fingerprint density at radius 3 is 2.88 bits per heavy atom. The summed E-state index contributed by atoms with van der Waals surface area (Å²) in [6.07, 6.45) is -1.38. The van der Waals surface area contributed by atoms with E-state index >= 15 is 0 Å². The van der Waals surface area contributed by atoms with Gasteiger partial charge in [0.15, 0.2) is 5.82 Å². The molecule has 0 aliphatic rings. The van der Waals surface area contributed by atoms with E-state index in [4.69, 9.17) is 11.6 Å². The molecule has 1 aromatic rings. The van der Waals surface area contributed by atoms with Crippen LogP contribution in [0.1, 0.15) is 0 Å². The van der Waals surface area contributed by atoms with Crippen LogP contribution in [-0.2, 0) is 0 Å². The molecule has 0 saturated carbocycles. The molecule has 0 unspecified atom stereocenters. The number of aromatic nitrogens is 2. The monoisotopic (exact) mass is 315 g/mol. The Kier molecular flexibility index (Phi) is 5.14. The second-order valence-electron chi connectivity index (χ2n) is 2.90. The van der Waals surface area contributed by atoms with E-state index in [1.807, 2.05) is 0 Å². The predicted octanol–water partition coefficient (Wildman–Crippen LogP) is 1.89. The molecule has 0 aliphatic carbocycles. The Hall–Kier alpha value is -0.690. The lowest BCUT2D eigenvalue weighted by Crippen LogP contribution is -2.32. The highest BCUT2D eigenvalue weighted by atomic mass is 79.9. The van der Waals surface area contributed by atoms with Crippen LogP contribution in [0.5, 0.6) is 0 Å². The van der Waals surface area contributed by atoms with Gasteiger partial charge in [0.05, 0.1) is 12.9 Å². The molecule has 0 aromatic carbocycles. The number of halogens is 4. The second-order valence-corrected chi connectivity index (χ2v) is 4.07. The molecule has 1 heterocycles. The number of hydrogen-bond acceptors (Lipinski definition) is 3. The minimum atomic E-state index is -2.52. The van der Waals surface area contributed by atoms with Crippen LogP contribution < -0.4 is 10.5 Å². The van der Waals surface area contributed by atoms with E-state index in [0.717, 1.165) is 6.33 Å². The number of anilines is 1. The first-order chi connectivity index (χ1) is 7.56. The maximum Gasteiger partial charge on any atom is 0.271 e. The van der Waals surface area contributed by atoms with Gasteiger partial charge in [-0.05, 0) is 0 Å². The summed E-state index contributed by atoms with van der Waals surface area (Å²) in [5.41, 5.74) is -0.541. The average Bonchev–Trinajstić information content (AvgIpc) is 2.21. The number of alkyl halides is 3. The zero-order valence-corrected chi connectivity index (χ0v) is 10.4. The molecule has 0 amide bonds. The first-order valence-corrected chi connectivity index (χ1v) is 5.88. The average molecular weight is 317 g/mol. The predicted molar refractivity (Wildman–Crippen MR) is 61.9 cm³/mol. The van der Waals surface area contributed by atoms with E-state index in [2.05, 4.69) is 25.9 Å². The summed E-state index contributed by atoms with van der Waals surface area (Å²) < 4.78 is 24.6. The zero-order valence-electron chi connectivity index (χ0n) is 8.09. The van der Waals surface area contributed by atoms with Crippen molar-refractivity contribution in [2.24, 2.45) is 0 Å². The van der Waals surface area contributed by atoms with Crippen LogP contribution in [0.4, 0.5) is 14.6 Å². The van der Waals surface area contributed by atoms with E-state index in [1.165, 1.54) is 4.90 Å². The normalized spacial score (nSPS) is 10.8. The van der Waals surface area contributed by atoms with E-state index in [9.17, 15) is 13.6 Å². The standard InChI is InChI=1S/C8H9BrClF2N3O/c9-1-2-15(3-5(11)12)7-6(10)8(16)14-4-13-7/h4-5H,1-3H2,(H,13,14,16). The van der Waals surface area contributed by atoms with Gasteiger partial charge in [-0.15, -0.1) is 0 Å². The van der Waals surface area contributed by atoms with Crippen LogP contribution in [0.2, 0.25) is 5.02 Å². The fourth-order valence-electron chi connectivity index (χ4n) is 1.15. The summed E-state index contributed by atoms with van der Waals surface area (Å²) in [4.78, 5) is 18.5. The van der Waals surface area contributed by atoms with Gasteiger partial charge in [0.2, 0.25) is 0 Å². The molecule has 0 fully saturated rings. The molecular weight excluding hydrogens is 307 g/mol. The molecule has 0 atom stereocenters. The highest BCUT2D eigenvalue weighted by molar-refractivity contribution is 9.09. The Labute approximate surface area is 104 Å². The van der Waals surface area contributed by atoms with Gasteiger partial charge in [0, 0.05) is 11.9 Å². The van der Waals surface area contributed by atoms with Crippen molar-refractivity contribution in [3.05, 3.63) is 21.7 Å². The van der Waals surface area contributed by atoms with E-state index in [0.29, 0.717) is 11.9 Å². The van der Waals surface area contributed by atoms with Gasteiger partial charge in [-0.25, -0.2) is 13.8 Å². The van der Waals surface area contributed by atoms with Crippen molar-refractivity contribution < 1.29 is 8.78 Å². The maximum absolute atomic E-state index is 12.3. The van der Waals surface area contributed by atoms with E-state index in [1.54, 1.807) is 0 Å². The molecule has 1 rings (SSSR count). The molecule has 0 saturated heterocycles. The third kappa shape index (κ3) is 3.41. The van der Waals surface area contributed by atoms with Crippen molar-refractivity contribution in [2.75, 3.05) is 23.3 Å². The quantitative estimate of drug-likeness (QED) is 0.844. The Morgan fingerprint density at radius 1 is 1.62 bits per heavy atom. The van der Waals surface area contributed by atoms with Gasteiger partial charge >= 0.3 is 0 Å². The molecular formula is C8H9BrClF2N3O. The lowest BCUT2D eigenvalue weighted by atomic mass is 10.4. The second kappa shape index (κ2) is 6.15. The summed E-state index contributed by atoms with van der Waals surface area (Å²) in [6, 6.07) is 0. The third-order valence-electron chi connectivity index (χ3n) is 1.79. The maximum atomic E-state index is 12.3. The van der Waals surface area contributed by atoms with Crippen LogP contribution in [-0.4, -0.2) is 34.8 Å². The number of nitrogens with one attached hydrogen (secondary N) is 1. The number of nitrogens with zero attached hydrogens (tertiary/aromatic N) is 2. The van der Waals surface area contributed by atoms with E-state index in [-0.39, 0.29) is 10.8 Å². The molecule has 0 spiro atoms. The van der Waals surface area contributed by atoms with Crippen molar-refractivity contribution in [3.63, 3.8) is 0 Å².